The van der Waals surface area contributed by atoms with Crippen molar-refractivity contribution in [3.8, 4) is 46.0 Å². The van der Waals surface area contributed by atoms with E-state index < -0.39 is 29.2 Å². The first-order chi connectivity index (χ1) is 35.1. The van der Waals surface area contributed by atoms with Crippen LogP contribution in [0.15, 0.2) is 60.7 Å². The summed E-state index contributed by atoms with van der Waals surface area (Å²) in [6, 6.07) is 19.0. The maximum Gasteiger partial charge on any atom is 0.321 e. The Morgan fingerprint density at radius 2 is 0.973 bits per heavy atom. The van der Waals surface area contributed by atoms with E-state index in [9.17, 15) is 19.5 Å². The van der Waals surface area contributed by atoms with Gasteiger partial charge in [0.2, 0.25) is 0 Å². The molecule has 0 bridgehead atoms. The van der Waals surface area contributed by atoms with Crippen LogP contribution in [0.2, 0.25) is 0 Å². The average Bonchev–Trinajstić information content (AvgIpc) is 3.40. The van der Waals surface area contributed by atoms with Crippen LogP contribution in [0, 0.1) is 0 Å². The van der Waals surface area contributed by atoms with Gasteiger partial charge < -0.3 is 92.0 Å². The Bertz CT molecular complexity index is 2560. The first-order valence-electron chi connectivity index (χ1n) is 24.6. The molecule has 20 heteroatoms. The summed E-state index contributed by atoms with van der Waals surface area (Å²) in [7, 11) is 17.4. The van der Waals surface area contributed by atoms with Gasteiger partial charge in [-0.3, -0.25) is 14.4 Å². The zero-order chi connectivity index (χ0) is 52.9. The Kier molecular flexibility index (Phi) is 23.6. The van der Waals surface area contributed by atoms with Crippen LogP contribution in [0.1, 0.15) is 64.7 Å². The molecule has 414 valence electrons. The van der Waals surface area contributed by atoms with Gasteiger partial charge in [0, 0.05) is 55.4 Å². The number of nitrogens with two attached hydrogens (primary N) is 1. The molecule has 2 aliphatic heterocycles. The van der Waals surface area contributed by atoms with Crippen LogP contribution < -0.4 is 68.4 Å². The molecule has 17 nitrogen and oxygen atoms in total. The van der Waals surface area contributed by atoms with Crippen molar-refractivity contribution in [3.05, 3.63) is 94.0 Å². The predicted molar refractivity (Wildman–Crippen MR) is 278 cm³/mol. The normalized spacial score (nSPS) is 19.2. The van der Waals surface area contributed by atoms with E-state index in [1.54, 1.807) is 56.9 Å². The number of benzene rings is 4. The van der Waals surface area contributed by atoms with Gasteiger partial charge in [0.15, 0.2) is 46.0 Å². The predicted octanol–water partition coefficient (Wildman–Crippen LogP) is 0.807. The number of likely N-dealkylation sites (N-methyl/N-ethyl adjacent to an activating group) is 2. The number of aliphatic carboxylic acids is 1. The smallest absolute Gasteiger partial charge is 0.321 e. The highest BCUT2D eigenvalue weighted by atomic mass is 35.5. The van der Waals surface area contributed by atoms with Crippen molar-refractivity contribution < 1.29 is 101 Å². The lowest BCUT2D eigenvalue weighted by molar-refractivity contribution is -0.941. The molecular formula is C55H75Cl2N3O14S. The summed E-state index contributed by atoms with van der Waals surface area (Å²) in [5.41, 5.74) is 12.7. The van der Waals surface area contributed by atoms with Crippen LogP contribution in [0.4, 0.5) is 0 Å². The largest absolute Gasteiger partial charge is 1.00 e. The number of carboxylic acid groups (broad SMARTS) is 1. The number of methoxy groups -OCH3 is 8. The number of carbonyl (C=O) groups excluding carboxylic acids is 2. The van der Waals surface area contributed by atoms with Crippen LogP contribution in [0.25, 0.3) is 0 Å². The highest BCUT2D eigenvalue weighted by Gasteiger charge is 2.42. The summed E-state index contributed by atoms with van der Waals surface area (Å²) < 4.78 is 58.2. The third-order valence-electron chi connectivity index (χ3n) is 14.6. The molecule has 0 amide bonds. The lowest BCUT2D eigenvalue weighted by Crippen LogP contribution is -3.00. The van der Waals surface area contributed by atoms with Crippen molar-refractivity contribution in [3.63, 3.8) is 0 Å². The van der Waals surface area contributed by atoms with E-state index >= 15 is 0 Å². The molecular weight excluding hydrogens is 1030 g/mol. The number of quaternary nitrogens is 2. The second-order valence-corrected chi connectivity index (χ2v) is 20.3. The van der Waals surface area contributed by atoms with Crippen molar-refractivity contribution in [1.29, 1.82) is 0 Å². The molecule has 6 atom stereocenters. The summed E-state index contributed by atoms with van der Waals surface area (Å²) in [6.07, 6.45) is 3.76. The second kappa shape index (κ2) is 28.6. The van der Waals surface area contributed by atoms with E-state index in [0.717, 1.165) is 59.9 Å². The zero-order valence-corrected chi connectivity index (χ0v) is 47.2. The van der Waals surface area contributed by atoms with Gasteiger partial charge in [-0.25, -0.2) is 0 Å². The van der Waals surface area contributed by atoms with Crippen LogP contribution in [-0.4, -0.2) is 159 Å². The minimum atomic E-state index is -1.24. The quantitative estimate of drug-likeness (QED) is 0.0485. The molecule has 2 heterocycles. The molecule has 2 aliphatic rings. The van der Waals surface area contributed by atoms with Crippen molar-refractivity contribution in [2.24, 2.45) is 5.73 Å². The number of hydrogen-bond donors (Lipinski definition) is 2. The lowest BCUT2D eigenvalue weighted by atomic mass is 9.86. The third-order valence-corrected chi connectivity index (χ3v) is 15.9. The molecule has 0 aromatic heterocycles. The SMILES string of the molecule is COc1ccc(C[C@H]2c3cc(OC)c(OC)cc3CC[N@+]2(C)CCCOC(=O)CC(SC[C@H](N)C(=O)O)C(=O)OCCC[N@@+]2(C)CCc3cc(OC)c(OC)cc3[C@@H]2Cc2ccc(OC)c(OC)c2)cc1OC.[Cl-].[Cl-]. The van der Waals surface area contributed by atoms with Crippen LogP contribution in [0.5, 0.6) is 46.0 Å². The number of carbonyl (C=O) groups is 3. The number of thioether (sulfide) groups is 1. The molecule has 4 aromatic carbocycles. The number of hydrogen-bond acceptors (Lipinski definition) is 15. The van der Waals surface area contributed by atoms with Crippen LogP contribution in [0.3, 0.4) is 0 Å². The minimum Gasteiger partial charge on any atom is -1.00 e. The van der Waals surface area contributed by atoms with Gasteiger partial charge in [0.1, 0.15) is 23.4 Å². The number of nitrogens with zero attached hydrogens (tertiary/aromatic N) is 2. The van der Waals surface area contributed by atoms with Gasteiger partial charge in [0.05, 0.1) is 117 Å². The molecule has 0 spiro atoms. The number of rotatable bonds is 27. The van der Waals surface area contributed by atoms with Crippen molar-refractivity contribution >= 4 is 29.7 Å². The fourth-order valence-corrected chi connectivity index (χ4v) is 11.4. The number of esters is 2. The number of ether oxygens (including phenoxy) is 10. The topological polar surface area (TPSA) is 190 Å². The Balaban J connectivity index is 0.00000608. The van der Waals surface area contributed by atoms with Gasteiger partial charge >= 0.3 is 17.9 Å². The average molecular weight is 1110 g/mol. The molecule has 75 heavy (non-hydrogen) atoms. The van der Waals surface area contributed by atoms with Crippen molar-refractivity contribution in [1.82, 2.24) is 0 Å². The summed E-state index contributed by atoms with van der Waals surface area (Å²) in [6.45, 7) is 3.22. The van der Waals surface area contributed by atoms with Crippen LogP contribution >= 0.6 is 11.8 Å². The monoisotopic (exact) mass is 1100 g/mol. The van der Waals surface area contributed by atoms with E-state index in [4.69, 9.17) is 53.1 Å². The Morgan fingerprint density at radius 3 is 1.37 bits per heavy atom. The molecule has 3 N–H and O–H groups in total. The second-order valence-electron chi connectivity index (χ2n) is 19.0. The fourth-order valence-electron chi connectivity index (χ4n) is 10.3. The number of halogens is 2. The van der Waals surface area contributed by atoms with Gasteiger partial charge in [0.25, 0.3) is 0 Å². The molecule has 0 saturated carbocycles. The molecule has 0 aliphatic carbocycles. The highest BCUT2D eigenvalue weighted by Crippen LogP contribution is 2.45. The Morgan fingerprint density at radius 1 is 0.587 bits per heavy atom. The summed E-state index contributed by atoms with van der Waals surface area (Å²) in [5, 5.41) is 8.52. The fraction of sp³-hybridized carbons (Fsp3) is 0.509. The highest BCUT2D eigenvalue weighted by molar-refractivity contribution is 8.00. The van der Waals surface area contributed by atoms with E-state index in [-0.39, 0.29) is 62.3 Å². The first-order valence-corrected chi connectivity index (χ1v) is 25.6. The van der Waals surface area contributed by atoms with E-state index in [0.29, 0.717) is 93.7 Å². The standard InChI is InChI=1S/C55H74N3O14S.2ClH/c1-57(21-17-37-29-48(67-7)50(69-9)31-39(37)42(57)25-35-13-15-44(63-3)46(27-35)65-5)19-11-23-71-53(59)33-52(73-34-41(56)54(60)61)55(62)72-24-12-20-58(2)22-18-38-30-49(68-8)51(70-10)32-40(38)43(58)26-36-14-16-45(64-4)47(28-36)66-6;;/h13-16,27-32,41-43,52H,11-12,17-26,33-34,56H2,1-10H3;2*1H/q+1;;/p-1/t41-,42-,43-,52?,57-,58-;;/m0../s1. The Hall–Kier alpha value is -5.50. The maximum atomic E-state index is 13.8. The summed E-state index contributed by atoms with van der Waals surface area (Å²) >= 11 is 0.987. The summed E-state index contributed by atoms with van der Waals surface area (Å²) in [5.74, 6) is 2.72. The van der Waals surface area contributed by atoms with Crippen molar-refractivity contribution in [2.45, 2.75) is 68.3 Å². The number of carboxylic acids is 1. The lowest BCUT2D eigenvalue weighted by Gasteiger charge is -2.46. The molecule has 0 saturated heterocycles. The minimum absolute atomic E-state index is 0. The Labute approximate surface area is 458 Å². The van der Waals surface area contributed by atoms with Gasteiger partial charge in [-0.1, -0.05) is 12.1 Å². The van der Waals surface area contributed by atoms with Crippen LogP contribution in [-0.2, 0) is 49.5 Å². The van der Waals surface area contributed by atoms with Crippen molar-refractivity contribution in [2.75, 3.05) is 116 Å². The van der Waals surface area contributed by atoms with E-state index in [2.05, 4.69) is 44.4 Å². The van der Waals surface area contributed by atoms with Gasteiger partial charge in [-0.2, -0.15) is 0 Å². The molecule has 0 fully saturated rings. The van der Waals surface area contributed by atoms with Gasteiger partial charge in [-0.05, 0) is 70.8 Å². The van der Waals surface area contributed by atoms with Gasteiger partial charge in [-0.15, -0.1) is 11.8 Å². The molecule has 0 radical (unpaired) electrons. The first kappa shape index (κ1) is 62.0. The summed E-state index contributed by atoms with van der Waals surface area (Å²) in [4.78, 5) is 39.0. The maximum absolute atomic E-state index is 13.8. The molecule has 4 aromatic rings. The zero-order valence-electron chi connectivity index (χ0n) is 44.9. The molecule has 6 rings (SSSR count). The molecule has 1 unspecified atom stereocenters. The van der Waals surface area contributed by atoms with E-state index in [1.165, 1.54) is 11.1 Å². The number of fused-ring (bicyclic) bond motifs is 2. The van der Waals surface area contributed by atoms with E-state index in [1.807, 2.05) is 30.3 Å². The third kappa shape index (κ3) is 15.1.